The van der Waals surface area contributed by atoms with E-state index in [0.717, 1.165) is 11.4 Å². The highest BCUT2D eigenvalue weighted by Gasteiger charge is 2.07. The molecule has 4 heteroatoms. The summed E-state index contributed by atoms with van der Waals surface area (Å²) in [7, 11) is 0. The molecule has 1 aromatic carbocycles. The van der Waals surface area contributed by atoms with Crippen molar-refractivity contribution in [2.24, 2.45) is 0 Å². The van der Waals surface area contributed by atoms with E-state index in [1.54, 1.807) is 19.2 Å². The topological polar surface area (TPSA) is 51.2 Å². The van der Waals surface area contributed by atoms with Crippen molar-refractivity contribution in [2.75, 3.05) is 11.9 Å². The summed E-state index contributed by atoms with van der Waals surface area (Å²) >= 11 is 0. The molecular weight excluding hydrogens is 228 g/mol. The van der Waals surface area contributed by atoms with E-state index in [4.69, 9.17) is 4.74 Å². The molecule has 0 aliphatic heterocycles. The number of para-hydroxylation sites is 1. The number of nitrogens with one attached hydrogen (secondary N) is 1. The fourth-order valence-electron chi connectivity index (χ4n) is 1.52. The van der Waals surface area contributed by atoms with Crippen molar-refractivity contribution in [2.45, 2.75) is 6.92 Å². The maximum Gasteiger partial charge on any atom is 0.339 e. The van der Waals surface area contributed by atoms with E-state index in [2.05, 4.69) is 10.3 Å². The lowest BCUT2D eigenvalue weighted by atomic mass is 10.2. The van der Waals surface area contributed by atoms with Crippen LogP contribution in [0.15, 0.2) is 48.8 Å². The van der Waals surface area contributed by atoms with Crippen LogP contribution in [-0.2, 0) is 4.74 Å². The van der Waals surface area contributed by atoms with Gasteiger partial charge in [0.15, 0.2) is 0 Å². The Hall–Kier alpha value is -2.36. The number of carbonyl (C=O) groups is 1. The average molecular weight is 242 g/mol. The van der Waals surface area contributed by atoms with E-state index in [1.165, 1.54) is 6.20 Å². The number of esters is 1. The van der Waals surface area contributed by atoms with Crippen LogP contribution < -0.4 is 5.32 Å². The van der Waals surface area contributed by atoms with Crippen LogP contribution in [0.4, 0.5) is 11.4 Å². The molecule has 2 aromatic rings. The van der Waals surface area contributed by atoms with Crippen molar-refractivity contribution >= 4 is 17.3 Å². The quantitative estimate of drug-likeness (QED) is 0.837. The number of benzene rings is 1. The third-order valence-corrected chi connectivity index (χ3v) is 2.31. The van der Waals surface area contributed by atoms with Crippen molar-refractivity contribution in [1.82, 2.24) is 4.98 Å². The Bertz CT molecular complexity index is 526. The molecule has 0 unspecified atom stereocenters. The molecule has 0 amide bonds. The van der Waals surface area contributed by atoms with E-state index < -0.39 is 0 Å². The molecule has 0 radical (unpaired) electrons. The first-order valence-electron chi connectivity index (χ1n) is 5.74. The Balaban J connectivity index is 2.15. The number of aromatic nitrogens is 1. The molecular formula is C14H14N2O2. The van der Waals surface area contributed by atoms with Gasteiger partial charge in [0.25, 0.3) is 0 Å². The third-order valence-electron chi connectivity index (χ3n) is 2.31. The summed E-state index contributed by atoms with van der Waals surface area (Å²) in [5, 5.41) is 3.17. The number of hydrogen-bond acceptors (Lipinski definition) is 4. The second kappa shape index (κ2) is 5.82. The average Bonchev–Trinajstić information content (AvgIpc) is 2.40. The predicted molar refractivity (Wildman–Crippen MR) is 69.9 cm³/mol. The molecule has 0 spiro atoms. The first-order valence-corrected chi connectivity index (χ1v) is 5.74. The van der Waals surface area contributed by atoms with Crippen LogP contribution in [-0.4, -0.2) is 17.6 Å². The molecule has 0 bridgehead atoms. The van der Waals surface area contributed by atoms with Gasteiger partial charge in [0, 0.05) is 11.9 Å². The summed E-state index contributed by atoms with van der Waals surface area (Å²) in [6.45, 7) is 2.13. The molecule has 0 aliphatic carbocycles. The van der Waals surface area contributed by atoms with Crippen LogP contribution in [0.25, 0.3) is 0 Å². The van der Waals surface area contributed by atoms with Gasteiger partial charge in [0.1, 0.15) is 0 Å². The van der Waals surface area contributed by atoms with Crippen molar-refractivity contribution in [3.8, 4) is 0 Å². The Kier molecular flexibility index (Phi) is 3.91. The van der Waals surface area contributed by atoms with Gasteiger partial charge in [-0.15, -0.1) is 0 Å². The van der Waals surface area contributed by atoms with Crippen LogP contribution in [0, 0.1) is 0 Å². The van der Waals surface area contributed by atoms with E-state index >= 15 is 0 Å². The highest BCUT2D eigenvalue weighted by Crippen LogP contribution is 2.16. The predicted octanol–water partition coefficient (Wildman–Crippen LogP) is 3.00. The molecule has 1 N–H and O–H groups in total. The minimum absolute atomic E-state index is 0.356. The lowest BCUT2D eigenvalue weighted by molar-refractivity contribution is 0.0526. The van der Waals surface area contributed by atoms with Gasteiger partial charge in [-0.1, -0.05) is 18.2 Å². The zero-order chi connectivity index (χ0) is 12.8. The summed E-state index contributed by atoms with van der Waals surface area (Å²) < 4.78 is 4.93. The molecule has 2 rings (SSSR count). The normalized spacial score (nSPS) is 9.83. The van der Waals surface area contributed by atoms with E-state index in [9.17, 15) is 4.79 Å². The number of rotatable bonds is 4. The molecule has 0 atom stereocenters. The molecule has 0 saturated heterocycles. The first kappa shape index (κ1) is 12.1. The lowest BCUT2D eigenvalue weighted by Crippen LogP contribution is -2.05. The minimum atomic E-state index is -0.360. The van der Waals surface area contributed by atoms with Crippen molar-refractivity contribution < 1.29 is 9.53 Å². The smallest absolute Gasteiger partial charge is 0.339 e. The number of hydrogen-bond donors (Lipinski definition) is 1. The van der Waals surface area contributed by atoms with Crippen molar-refractivity contribution in [1.29, 1.82) is 0 Å². The van der Waals surface area contributed by atoms with Crippen LogP contribution >= 0.6 is 0 Å². The van der Waals surface area contributed by atoms with E-state index in [0.29, 0.717) is 12.2 Å². The summed E-state index contributed by atoms with van der Waals surface area (Å²) in [4.78, 5) is 15.6. The summed E-state index contributed by atoms with van der Waals surface area (Å²) in [5.41, 5.74) is 2.14. The van der Waals surface area contributed by atoms with Gasteiger partial charge in [-0.2, -0.15) is 0 Å². The van der Waals surface area contributed by atoms with Crippen LogP contribution in [0.2, 0.25) is 0 Å². The Morgan fingerprint density at radius 1 is 1.22 bits per heavy atom. The van der Waals surface area contributed by atoms with Gasteiger partial charge in [0.05, 0.1) is 24.1 Å². The van der Waals surface area contributed by atoms with Gasteiger partial charge in [-0.3, -0.25) is 4.98 Å². The monoisotopic (exact) mass is 242 g/mol. The second-order valence-corrected chi connectivity index (χ2v) is 3.67. The lowest BCUT2D eigenvalue weighted by Gasteiger charge is -2.07. The molecule has 0 saturated carbocycles. The maximum absolute atomic E-state index is 11.6. The molecule has 4 nitrogen and oxygen atoms in total. The SMILES string of the molecule is CCOC(=O)c1cncc(Nc2ccccc2)c1. The van der Waals surface area contributed by atoms with Crippen LogP contribution in [0.5, 0.6) is 0 Å². The molecule has 18 heavy (non-hydrogen) atoms. The van der Waals surface area contributed by atoms with E-state index in [1.807, 2.05) is 30.3 Å². The minimum Gasteiger partial charge on any atom is -0.462 e. The van der Waals surface area contributed by atoms with Crippen LogP contribution in [0.3, 0.4) is 0 Å². The van der Waals surface area contributed by atoms with Gasteiger partial charge in [0.2, 0.25) is 0 Å². The van der Waals surface area contributed by atoms with Crippen molar-refractivity contribution in [3.63, 3.8) is 0 Å². The Morgan fingerprint density at radius 2 is 2.00 bits per heavy atom. The number of carbonyl (C=O) groups excluding carboxylic acids is 1. The summed E-state index contributed by atoms with van der Waals surface area (Å²) in [6, 6.07) is 11.4. The third kappa shape index (κ3) is 3.07. The maximum atomic E-state index is 11.6. The Labute approximate surface area is 106 Å². The number of pyridine rings is 1. The Morgan fingerprint density at radius 3 is 2.72 bits per heavy atom. The summed E-state index contributed by atoms with van der Waals surface area (Å²) in [5.74, 6) is -0.360. The fourth-order valence-corrected chi connectivity index (χ4v) is 1.52. The zero-order valence-corrected chi connectivity index (χ0v) is 10.1. The zero-order valence-electron chi connectivity index (χ0n) is 10.1. The first-order chi connectivity index (χ1) is 8.79. The number of nitrogens with zero attached hydrogens (tertiary/aromatic N) is 1. The molecule has 0 fully saturated rings. The van der Waals surface area contributed by atoms with Gasteiger partial charge >= 0.3 is 5.97 Å². The van der Waals surface area contributed by atoms with Crippen LogP contribution in [0.1, 0.15) is 17.3 Å². The molecule has 0 aliphatic rings. The number of anilines is 2. The number of ether oxygens (including phenoxy) is 1. The summed E-state index contributed by atoms with van der Waals surface area (Å²) in [6.07, 6.45) is 3.16. The highest BCUT2D eigenvalue weighted by molar-refractivity contribution is 5.90. The highest BCUT2D eigenvalue weighted by atomic mass is 16.5. The molecule has 1 heterocycles. The van der Waals surface area contributed by atoms with E-state index in [-0.39, 0.29) is 5.97 Å². The van der Waals surface area contributed by atoms with Gasteiger partial charge < -0.3 is 10.1 Å². The fraction of sp³-hybridized carbons (Fsp3) is 0.143. The molecule has 1 aromatic heterocycles. The second-order valence-electron chi connectivity index (χ2n) is 3.67. The van der Waals surface area contributed by atoms with Crippen molar-refractivity contribution in [3.05, 3.63) is 54.4 Å². The largest absolute Gasteiger partial charge is 0.462 e. The standard InChI is InChI=1S/C14H14N2O2/c1-2-18-14(17)11-8-13(10-15-9-11)16-12-6-4-3-5-7-12/h3-10,16H,2H2,1H3. The van der Waals surface area contributed by atoms with Gasteiger partial charge in [-0.25, -0.2) is 4.79 Å². The molecule has 92 valence electrons. The van der Waals surface area contributed by atoms with Gasteiger partial charge in [-0.05, 0) is 25.1 Å².